The van der Waals surface area contributed by atoms with Crippen LogP contribution >= 0.6 is 22.9 Å². The zero-order valence-electron chi connectivity index (χ0n) is 18.1. The Morgan fingerprint density at radius 2 is 1.85 bits per heavy atom. The maximum absolute atomic E-state index is 13.2. The van der Waals surface area contributed by atoms with Crippen molar-refractivity contribution in [3.63, 3.8) is 0 Å². The third kappa shape index (κ3) is 5.33. The molecular formula is C26H21ClN2O3S. The summed E-state index contributed by atoms with van der Waals surface area (Å²) >= 11 is 7.62. The lowest BCUT2D eigenvalue weighted by Gasteiger charge is -2.20. The van der Waals surface area contributed by atoms with Crippen LogP contribution in [0.3, 0.4) is 0 Å². The molecule has 2 aromatic heterocycles. The van der Waals surface area contributed by atoms with E-state index in [1.54, 1.807) is 18.2 Å². The summed E-state index contributed by atoms with van der Waals surface area (Å²) in [6.45, 7) is 3.91. The van der Waals surface area contributed by atoms with Crippen molar-refractivity contribution in [1.82, 2.24) is 4.98 Å². The van der Waals surface area contributed by atoms with Gasteiger partial charge in [-0.3, -0.25) is 4.79 Å². The van der Waals surface area contributed by atoms with E-state index >= 15 is 0 Å². The van der Waals surface area contributed by atoms with Gasteiger partial charge in [-0.05, 0) is 47.7 Å². The van der Waals surface area contributed by atoms with Crippen molar-refractivity contribution in [2.75, 3.05) is 0 Å². The standard InChI is InChI=1S/C26H21ClN2O3S/c1-16(2)25(23-13-17-11-12-18(27)14-22(17)33-23)26(30)32-21(15-28)20-9-6-10-24(29-20)31-19-7-4-3-5-8-19/h3-14,16,21,25H,1-2H3. The number of thiophene rings is 1. The molecule has 2 heterocycles. The quantitative estimate of drug-likeness (QED) is 0.262. The van der Waals surface area contributed by atoms with Crippen molar-refractivity contribution >= 4 is 39.0 Å². The molecule has 166 valence electrons. The SMILES string of the molecule is CC(C)C(C(=O)OC(C#N)c1cccc(Oc2ccccc2)n1)c1cc2ccc(Cl)cc2s1. The molecule has 5 nitrogen and oxygen atoms in total. The normalized spacial score (nSPS) is 12.8. The number of benzene rings is 2. The molecule has 0 bridgehead atoms. The summed E-state index contributed by atoms with van der Waals surface area (Å²) in [5.41, 5.74) is 0.310. The Labute approximate surface area is 201 Å². The van der Waals surface area contributed by atoms with Gasteiger partial charge in [0, 0.05) is 20.7 Å². The number of halogens is 1. The molecule has 2 aromatic carbocycles. The number of para-hydroxylation sites is 1. The summed E-state index contributed by atoms with van der Waals surface area (Å²) in [4.78, 5) is 18.4. The fourth-order valence-electron chi connectivity index (χ4n) is 3.48. The summed E-state index contributed by atoms with van der Waals surface area (Å²) in [7, 11) is 0. The second-order valence-electron chi connectivity index (χ2n) is 7.81. The highest BCUT2D eigenvalue weighted by Crippen LogP contribution is 2.37. The molecule has 0 aliphatic carbocycles. The first-order valence-electron chi connectivity index (χ1n) is 10.4. The van der Waals surface area contributed by atoms with Gasteiger partial charge in [0.15, 0.2) is 0 Å². The summed E-state index contributed by atoms with van der Waals surface area (Å²) in [5.74, 6) is -0.0681. The average Bonchev–Trinajstić information content (AvgIpc) is 3.20. The van der Waals surface area contributed by atoms with Gasteiger partial charge < -0.3 is 9.47 Å². The van der Waals surface area contributed by atoms with Crippen LogP contribution < -0.4 is 4.74 Å². The van der Waals surface area contributed by atoms with Gasteiger partial charge >= 0.3 is 5.97 Å². The van der Waals surface area contributed by atoms with E-state index in [0.29, 0.717) is 22.3 Å². The molecule has 0 radical (unpaired) electrons. The molecule has 0 fully saturated rings. The van der Waals surface area contributed by atoms with Gasteiger partial charge in [-0.25, -0.2) is 4.98 Å². The van der Waals surface area contributed by atoms with Crippen LogP contribution in [0.4, 0.5) is 0 Å². The number of ether oxygens (including phenoxy) is 2. The minimum atomic E-state index is -1.15. The van der Waals surface area contributed by atoms with E-state index in [4.69, 9.17) is 21.1 Å². The van der Waals surface area contributed by atoms with E-state index in [0.717, 1.165) is 15.0 Å². The lowest BCUT2D eigenvalue weighted by atomic mass is 9.94. The highest BCUT2D eigenvalue weighted by atomic mass is 35.5. The largest absolute Gasteiger partial charge is 0.440 e. The number of esters is 1. The van der Waals surface area contributed by atoms with Gasteiger partial charge in [-0.2, -0.15) is 5.26 Å². The minimum absolute atomic E-state index is 0.0268. The first-order valence-corrected chi connectivity index (χ1v) is 11.6. The molecule has 0 saturated carbocycles. The molecule has 2 unspecified atom stereocenters. The molecule has 0 N–H and O–H groups in total. The van der Waals surface area contributed by atoms with Gasteiger partial charge in [-0.1, -0.05) is 55.8 Å². The van der Waals surface area contributed by atoms with Crippen molar-refractivity contribution in [1.29, 1.82) is 5.26 Å². The molecule has 0 spiro atoms. The van der Waals surface area contributed by atoms with E-state index in [1.807, 2.05) is 74.5 Å². The number of nitriles is 1. The zero-order valence-corrected chi connectivity index (χ0v) is 19.6. The first kappa shape index (κ1) is 22.8. The smallest absolute Gasteiger partial charge is 0.316 e. The van der Waals surface area contributed by atoms with Crippen LogP contribution in [0, 0.1) is 17.2 Å². The summed E-state index contributed by atoms with van der Waals surface area (Å²) in [6.07, 6.45) is -1.15. The third-order valence-corrected chi connectivity index (χ3v) is 6.47. The third-order valence-electron chi connectivity index (χ3n) is 5.06. The minimum Gasteiger partial charge on any atom is -0.440 e. The molecule has 7 heteroatoms. The maximum atomic E-state index is 13.2. The van der Waals surface area contributed by atoms with E-state index in [1.165, 1.54) is 11.3 Å². The lowest BCUT2D eigenvalue weighted by Crippen LogP contribution is -2.22. The molecule has 4 aromatic rings. The average molecular weight is 477 g/mol. The van der Waals surface area contributed by atoms with Gasteiger partial charge in [0.2, 0.25) is 12.0 Å². The van der Waals surface area contributed by atoms with Crippen molar-refractivity contribution in [3.8, 4) is 17.7 Å². The fourth-order valence-corrected chi connectivity index (χ4v) is 5.08. The highest BCUT2D eigenvalue weighted by molar-refractivity contribution is 7.19. The van der Waals surface area contributed by atoms with Crippen LogP contribution in [0.1, 0.15) is 36.4 Å². The number of carbonyl (C=O) groups excluding carboxylic acids is 1. The van der Waals surface area contributed by atoms with Gasteiger partial charge in [0.25, 0.3) is 0 Å². The van der Waals surface area contributed by atoms with E-state index in [9.17, 15) is 10.1 Å². The van der Waals surface area contributed by atoms with Crippen LogP contribution in [0.2, 0.25) is 5.02 Å². The van der Waals surface area contributed by atoms with Gasteiger partial charge in [0.1, 0.15) is 11.8 Å². The number of fused-ring (bicyclic) bond motifs is 1. The predicted octanol–water partition coefficient (Wildman–Crippen LogP) is 7.29. The molecule has 33 heavy (non-hydrogen) atoms. The number of hydrogen-bond acceptors (Lipinski definition) is 6. The molecule has 0 saturated heterocycles. The Hall–Kier alpha value is -3.40. The van der Waals surface area contributed by atoms with Crippen LogP contribution in [-0.2, 0) is 9.53 Å². The fraction of sp³-hybridized carbons (Fsp3) is 0.192. The number of hydrogen-bond donors (Lipinski definition) is 0. The van der Waals surface area contributed by atoms with Crippen molar-refractivity contribution < 1.29 is 14.3 Å². The summed E-state index contributed by atoms with van der Waals surface area (Å²) in [6, 6.07) is 23.9. The van der Waals surface area contributed by atoms with Crippen LogP contribution in [0.15, 0.2) is 72.8 Å². The monoisotopic (exact) mass is 476 g/mol. The number of carbonyl (C=O) groups is 1. The predicted molar refractivity (Wildman–Crippen MR) is 130 cm³/mol. The van der Waals surface area contributed by atoms with Gasteiger partial charge in [-0.15, -0.1) is 11.3 Å². The number of nitrogens with zero attached hydrogens (tertiary/aromatic N) is 2. The Balaban J connectivity index is 1.55. The number of pyridine rings is 1. The van der Waals surface area contributed by atoms with E-state index < -0.39 is 18.0 Å². The number of aromatic nitrogens is 1. The number of rotatable bonds is 7. The Bertz CT molecular complexity index is 1310. The van der Waals surface area contributed by atoms with Gasteiger partial charge in [0.05, 0.1) is 11.6 Å². The lowest BCUT2D eigenvalue weighted by molar-refractivity contribution is -0.150. The Kier molecular flexibility index (Phi) is 6.93. The van der Waals surface area contributed by atoms with Crippen LogP contribution in [0.5, 0.6) is 11.6 Å². The van der Waals surface area contributed by atoms with Crippen molar-refractivity contribution in [2.24, 2.45) is 5.92 Å². The van der Waals surface area contributed by atoms with Crippen molar-refractivity contribution in [2.45, 2.75) is 25.9 Å². The Morgan fingerprint density at radius 1 is 1.06 bits per heavy atom. The molecular weight excluding hydrogens is 456 g/mol. The Morgan fingerprint density at radius 3 is 2.58 bits per heavy atom. The van der Waals surface area contributed by atoms with Crippen LogP contribution in [-0.4, -0.2) is 11.0 Å². The van der Waals surface area contributed by atoms with E-state index in [2.05, 4.69) is 4.98 Å². The second kappa shape index (κ2) is 10.0. The highest BCUT2D eigenvalue weighted by Gasteiger charge is 2.30. The summed E-state index contributed by atoms with van der Waals surface area (Å²) in [5, 5.41) is 11.4. The molecule has 0 aliphatic rings. The van der Waals surface area contributed by atoms with Crippen molar-refractivity contribution in [3.05, 3.63) is 88.4 Å². The maximum Gasteiger partial charge on any atom is 0.316 e. The summed E-state index contributed by atoms with van der Waals surface area (Å²) < 4.78 is 12.4. The molecule has 0 aliphatic heterocycles. The first-order chi connectivity index (χ1) is 15.9. The van der Waals surface area contributed by atoms with E-state index in [-0.39, 0.29) is 5.92 Å². The molecule has 0 amide bonds. The topological polar surface area (TPSA) is 72.2 Å². The zero-order chi connectivity index (χ0) is 23.4. The molecule has 2 atom stereocenters. The second-order valence-corrected chi connectivity index (χ2v) is 9.37. The molecule has 4 rings (SSSR count). The van der Waals surface area contributed by atoms with Crippen LogP contribution in [0.25, 0.3) is 10.1 Å².